The Morgan fingerprint density at radius 2 is 1.80 bits per heavy atom. The van der Waals surface area contributed by atoms with Gasteiger partial charge in [-0.3, -0.25) is 4.79 Å². The highest BCUT2D eigenvalue weighted by Crippen LogP contribution is 2.38. The van der Waals surface area contributed by atoms with Gasteiger partial charge in [0.2, 0.25) is 0 Å². The van der Waals surface area contributed by atoms with Crippen LogP contribution < -0.4 is 4.74 Å². The second-order valence-corrected chi connectivity index (χ2v) is 7.88. The minimum absolute atomic E-state index is 0.112. The number of phenols is 3. The van der Waals surface area contributed by atoms with Gasteiger partial charge in [-0.25, -0.2) is 0 Å². The van der Waals surface area contributed by atoms with Crippen molar-refractivity contribution in [3.8, 4) is 23.0 Å². The molecule has 0 spiro atoms. The fourth-order valence-corrected chi connectivity index (χ4v) is 3.30. The van der Waals surface area contributed by atoms with Gasteiger partial charge < -0.3 is 20.1 Å². The number of hydrogen-bond acceptors (Lipinski definition) is 5. The molecule has 0 amide bonds. The van der Waals surface area contributed by atoms with Crippen molar-refractivity contribution in [2.24, 2.45) is 0 Å². The van der Waals surface area contributed by atoms with Gasteiger partial charge in [-0.05, 0) is 70.0 Å². The Bertz CT molecular complexity index is 1040. The topological polar surface area (TPSA) is 87.0 Å². The van der Waals surface area contributed by atoms with E-state index in [-0.39, 0.29) is 28.4 Å². The molecule has 1 atom stereocenters. The van der Waals surface area contributed by atoms with Crippen molar-refractivity contribution < 1.29 is 24.9 Å². The number of carbonyl (C=O) groups is 1. The lowest BCUT2D eigenvalue weighted by Gasteiger charge is -2.31. The molecule has 3 N–H and O–H groups in total. The Balaban J connectivity index is 1.82. The van der Waals surface area contributed by atoms with Gasteiger partial charge in [0.15, 0.2) is 5.78 Å². The molecule has 5 heteroatoms. The van der Waals surface area contributed by atoms with Gasteiger partial charge >= 0.3 is 0 Å². The van der Waals surface area contributed by atoms with Crippen molar-refractivity contribution in [2.45, 2.75) is 39.2 Å². The first-order valence-electron chi connectivity index (χ1n) is 9.80. The summed E-state index contributed by atoms with van der Waals surface area (Å²) in [7, 11) is 0. The molecule has 0 aliphatic carbocycles. The van der Waals surface area contributed by atoms with Crippen molar-refractivity contribution >= 4 is 17.9 Å². The molecule has 0 aromatic heterocycles. The quantitative estimate of drug-likeness (QED) is 0.330. The van der Waals surface area contributed by atoms with E-state index in [1.807, 2.05) is 19.1 Å². The van der Waals surface area contributed by atoms with Crippen LogP contribution in [0.3, 0.4) is 0 Å². The van der Waals surface area contributed by atoms with E-state index in [1.54, 1.807) is 6.07 Å². The molecule has 0 fully saturated rings. The fraction of sp³-hybridized carbons (Fsp3) is 0.240. The second kappa shape index (κ2) is 8.49. The monoisotopic (exact) mass is 406 g/mol. The maximum absolute atomic E-state index is 12.6. The van der Waals surface area contributed by atoms with Gasteiger partial charge in [0, 0.05) is 11.6 Å². The number of ketones is 1. The van der Waals surface area contributed by atoms with Gasteiger partial charge in [-0.1, -0.05) is 23.8 Å². The van der Waals surface area contributed by atoms with E-state index in [0.717, 1.165) is 12.8 Å². The number of fused-ring (bicyclic) bond motifs is 1. The van der Waals surface area contributed by atoms with E-state index in [0.29, 0.717) is 11.3 Å². The zero-order valence-electron chi connectivity index (χ0n) is 17.3. The molecule has 0 bridgehead atoms. The van der Waals surface area contributed by atoms with Gasteiger partial charge in [-0.15, -0.1) is 0 Å². The summed E-state index contributed by atoms with van der Waals surface area (Å²) in [6.45, 7) is 6.10. The summed E-state index contributed by atoms with van der Waals surface area (Å²) in [5.41, 5.74) is 1.72. The van der Waals surface area contributed by atoms with E-state index in [9.17, 15) is 20.1 Å². The lowest BCUT2D eigenvalue weighted by atomic mass is 9.93. The van der Waals surface area contributed by atoms with Crippen molar-refractivity contribution in [1.29, 1.82) is 0 Å². The number of carbonyl (C=O) groups excluding carboxylic acids is 1. The SMILES string of the molecule is CC(C)=CCC[C@@]1(C)C=Cc2cc(C(=O)C=Cc3c(O)cccc3O)c(O)cc2O1. The third kappa shape index (κ3) is 4.74. The minimum Gasteiger partial charge on any atom is -0.507 e. The Morgan fingerprint density at radius 3 is 2.47 bits per heavy atom. The summed E-state index contributed by atoms with van der Waals surface area (Å²) in [6.07, 6.45) is 10.2. The third-order valence-corrected chi connectivity index (χ3v) is 5.01. The van der Waals surface area contributed by atoms with E-state index in [2.05, 4.69) is 19.9 Å². The molecule has 0 radical (unpaired) electrons. The Kier molecular flexibility index (Phi) is 6.01. The van der Waals surface area contributed by atoms with Gasteiger partial charge in [-0.2, -0.15) is 0 Å². The normalized spacial score (nSPS) is 17.4. The third-order valence-electron chi connectivity index (χ3n) is 5.01. The van der Waals surface area contributed by atoms with Crippen molar-refractivity contribution in [2.75, 3.05) is 0 Å². The molecule has 30 heavy (non-hydrogen) atoms. The summed E-state index contributed by atoms with van der Waals surface area (Å²) in [5.74, 6) is -0.404. The first-order valence-corrected chi connectivity index (χ1v) is 9.80. The van der Waals surface area contributed by atoms with Crippen LogP contribution in [0.5, 0.6) is 23.0 Å². The van der Waals surface area contributed by atoms with E-state index in [4.69, 9.17) is 4.74 Å². The molecular weight excluding hydrogens is 380 g/mol. The maximum atomic E-state index is 12.6. The van der Waals surface area contributed by atoms with E-state index >= 15 is 0 Å². The van der Waals surface area contributed by atoms with E-state index in [1.165, 1.54) is 42.0 Å². The predicted molar refractivity (Wildman–Crippen MR) is 118 cm³/mol. The first kappa shape index (κ1) is 21.2. The smallest absolute Gasteiger partial charge is 0.189 e. The van der Waals surface area contributed by atoms with Crippen molar-refractivity contribution in [1.82, 2.24) is 0 Å². The summed E-state index contributed by atoms with van der Waals surface area (Å²) < 4.78 is 6.11. The summed E-state index contributed by atoms with van der Waals surface area (Å²) >= 11 is 0. The van der Waals surface area contributed by atoms with E-state index < -0.39 is 11.4 Å². The highest BCUT2D eigenvalue weighted by molar-refractivity contribution is 6.09. The second-order valence-electron chi connectivity index (χ2n) is 7.88. The molecule has 0 unspecified atom stereocenters. The number of rotatable bonds is 6. The first-order chi connectivity index (χ1) is 14.2. The minimum atomic E-state index is -0.487. The van der Waals surface area contributed by atoms with Crippen LogP contribution in [0.15, 0.2) is 54.1 Å². The van der Waals surface area contributed by atoms with Crippen LogP contribution in [0.25, 0.3) is 12.2 Å². The molecular formula is C25H26O5. The standard InChI is InChI=1S/C25H26O5/c1-16(2)6-5-12-25(3)13-11-17-14-19(23(29)15-24(17)30-25)22(28)10-9-18-20(26)7-4-8-21(18)27/h4,6-11,13-15,26-27,29H,5,12H2,1-3H3/t25-/m0/s1. The highest BCUT2D eigenvalue weighted by atomic mass is 16.5. The number of ether oxygens (including phenoxy) is 1. The largest absolute Gasteiger partial charge is 0.507 e. The number of benzene rings is 2. The molecule has 0 saturated heterocycles. The molecule has 1 aliphatic heterocycles. The average Bonchev–Trinajstić information content (AvgIpc) is 2.66. The Labute approximate surface area is 176 Å². The van der Waals surface area contributed by atoms with Crippen LogP contribution in [0.4, 0.5) is 0 Å². The lowest BCUT2D eigenvalue weighted by Crippen LogP contribution is -2.31. The zero-order chi connectivity index (χ0) is 21.9. The number of aromatic hydroxyl groups is 3. The highest BCUT2D eigenvalue weighted by Gasteiger charge is 2.28. The maximum Gasteiger partial charge on any atom is 0.189 e. The van der Waals surface area contributed by atoms with Crippen molar-refractivity contribution in [3.63, 3.8) is 0 Å². The molecule has 3 rings (SSSR count). The van der Waals surface area contributed by atoms with Crippen LogP contribution >= 0.6 is 0 Å². The van der Waals surface area contributed by atoms with Crippen LogP contribution in [-0.4, -0.2) is 26.7 Å². The molecule has 156 valence electrons. The van der Waals surface area contributed by atoms with Crippen LogP contribution in [0.2, 0.25) is 0 Å². The Hall–Kier alpha value is -3.47. The number of hydrogen-bond donors (Lipinski definition) is 3. The summed E-state index contributed by atoms with van der Waals surface area (Å²) in [6, 6.07) is 7.36. The molecule has 0 saturated carbocycles. The fourth-order valence-electron chi connectivity index (χ4n) is 3.30. The summed E-state index contributed by atoms with van der Waals surface area (Å²) in [4.78, 5) is 12.6. The molecule has 1 aliphatic rings. The molecule has 2 aromatic carbocycles. The summed E-state index contributed by atoms with van der Waals surface area (Å²) in [5, 5.41) is 30.0. The molecule has 2 aromatic rings. The zero-order valence-corrected chi connectivity index (χ0v) is 17.3. The van der Waals surface area contributed by atoms with Gasteiger partial charge in [0.25, 0.3) is 0 Å². The predicted octanol–water partition coefficient (Wildman–Crippen LogP) is 5.61. The Morgan fingerprint density at radius 1 is 1.10 bits per heavy atom. The number of allylic oxidation sites excluding steroid dienone is 3. The average molecular weight is 406 g/mol. The van der Waals surface area contributed by atoms with Crippen LogP contribution in [-0.2, 0) is 0 Å². The molecule has 5 nitrogen and oxygen atoms in total. The van der Waals surface area contributed by atoms with Gasteiger partial charge in [0.05, 0.1) is 11.1 Å². The molecule has 1 heterocycles. The van der Waals surface area contributed by atoms with Crippen LogP contribution in [0.1, 0.15) is 55.1 Å². The van der Waals surface area contributed by atoms with Gasteiger partial charge in [0.1, 0.15) is 28.6 Å². The van der Waals surface area contributed by atoms with Crippen LogP contribution in [0, 0.1) is 0 Å². The van der Waals surface area contributed by atoms with Crippen molar-refractivity contribution in [3.05, 3.63) is 70.8 Å². The number of phenolic OH excluding ortho intramolecular Hbond substituents is 3. The lowest BCUT2D eigenvalue weighted by molar-refractivity contribution is 0.104.